The summed E-state index contributed by atoms with van der Waals surface area (Å²) in [4.78, 5) is 0. The van der Waals surface area contributed by atoms with Crippen molar-refractivity contribution in [3.8, 4) is 0 Å². The van der Waals surface area contributed by atoms with Gasteiger partial charge in [0.2, 0.25) is 0 Å². The van der Waals surface area contributed by atoms with Gasteiger partial charge in [0, 0.05) is 18.4 Å². The Kier molecular flexibility index (Phi) is 4.55. The molecule has 1 unspecified atom stereocenters. The maximum absolute atomic E-state index is 12.9. The molecular formula is C10H14F2N2O2S. The standard InChI is InChI=1S/C10H14F2N2O2S/c1-17(15,16)6-10(14-13)4-7-2-8(11)5-9(12)3-7/h2-3,5,10,14H,4,6,13H2,1H3. The van der Waals surface area contributed by atoms with Gasteiger partial charge in [-0.25, -0.2) is 17.2 Å². The molecule has 0 aliphatic rings. The van der Waals surface area contributed by atoms with E-state index in [1.807, 2.05) is 0 Å². The summed E-state index contributed by atoms with van der Waals surface area (Å²) in [6.45, 7) is 0. The molecule has 0 aliphatic heterocycles. The summed E-state index contributed by atoms with van der Waals surface area (Å²) < 4.78 is 48.0. The van der Waals surface area contributed by atoms with Gasteiger partial charge in [0.25, 0.3) is 0 Å². The van der Waals surface area contributed by atoms with Crippen LogP contribution < -0.4 is 11.3 Å². The fourth-order valence-electron chi connectivity index (χ4n) is 1.54. The minimum Gasteiger partial charge on any atom is -0.271 e. The number of hydrazine groups is 1. The van der Waals surface area contributed by atoms with Crippen molar-refractivity contribution in [3.05, 3.63) is 35.4 Å². The average Bonchev–Trinajstić information content (AvgIpc) is 2.12. The van der Waals surface area contributed by atoms with Gasteiger partial charge in [-0.3, -0.25) is 11.3 Å². The van der Waals surface area contributed by atoms with Crippen LogP contribution in [0, 0.1) is 11.6 Å². The van der Waals surface area contributed by atoms with Gasteiger partial charge in [0.05, 0.1) is 5.75 Å². The average molecular weight is 264 g/mol. The van der Waals surface area contributed by atoms with Crippen LogP contribution in [0.1, 0.15) is 5.56 Å². The van der Waals surface area contributed by atoms with Gasteiger partial charge in [-0.1, -0.05) is 0 Å². The molecule has 1 rings (SSSR count). The van der Waals surface area contributed by atoms with Crippen LogP contribution in [-0.4, -0.2) is 26.5 Å². The molecule has 1 aromatic rings. The van der Waals surface area contributed by atoms with Gasteiger partial charge in [0.1, 0.15) is 21.5 Å². The Morgan fingerprint density at radius 3 is 2.24 bits per heavy atom. The van der Waals surface area contributed by atoms with Crippen molar-refractivity contribution < 1.29 is 17.2 Å². The monoisotopic (exact) mass is 264 g/mol. The zero-order valence-electron chi connectivity index (χ0n) is 9.28. The molecule has 0 aliphatic carbocycles. The molecule has 7 heteroatoms. The molecule has 0 aromatic heterocycles. The molecule has 0 radical (unpaired) electrons. The van der Waals surface area contributed by atoms with Crippen molar-refractivity contribution in [2.45, 2.75) is 12.5 Å². The van der Waals surface area contributed by atoms with Gasteiger partial charge >= 0.3 is 0 Å². The summed E-state index contributed by atoms with van der Waals surface area (Å²) in [5, 5.41) is 0. The highest BCUT2D eigenvalue weighted by Crippen LogP contribution is 2.10. The van der Waals surface area contributed by atoms with E-state index in [0.29, 0.717) is 5.56 Å². The molecule has 0 bridgehead atoms. The molecule has 0 saturated heterocycles. The summed E-state index contributed by atoms with van der Waals surface area (Å²) in [5.74, 6) is 3.61. The first-order chi connectivity index (χ1) is 7.80. The second kappa shape index (κ2) is 5.52. The molecule has 1 aromatic carbocycles. The Morgan fingerprint density at radius 1 is 1.29 bits per heavy atom. The van der Waals surface area contributed by atoms with E-state index >= 15 is 0 Å². The fraction of sp³-hybridized carbons (Fsp3) is 0.400. The van der Waals surface area contributed by atoms with Gasteiger partial charge in [-0.15, -0.1) is 0 Å². The highest BCUT2D eigenvalue weighted by atomic mass is 32.2. The van der Waals surface area contributed by atoms with Crippen LogP contribution in [0.5, 0.6) is 0 Å². The van der Waals surface area contributed by atoms with Gasteiger partial charge < -0.3 is 0 Å². The maximum atomic E-state index is 12.9. The number of nitrogens with one attached hydrogen (secondary N) is 1. The Hall–Kier alpha value is -1.05. The van der Waals surface area contributed by atoms with E-state index in [9.17, 15) is 17.2 Å². The predicted octanol–water partition coefficient (Wildman–Crippen LogP) is 0.384. The first kappa shape index (κ1) is 14.0. The Labute approximate surface area is 98.7 Å². The van der Waals surface area contributed by atoms with Gasteiger partial charge in [-0.05, 0) is 24.1 Å². The molecule has 0 fully saturated rings. The van der Waals surface area contributed by atoms with Crippen LogP contribution in [0.25, 0.3) is 0 Å². The normalized spacial score (nSPS) is 13.6. The van der Waals surface area contributed by atoms with Crippen LogP contribution in [0.2, 0.25) is 0 Å². The molecule has 1 atom stereocenters. The van der Waals surface area contributed by atoms with Crippen molar-refractivity contribution in [1.82, 2.24) is 5.43 Å². The Bertz CT molecular complexity index is 471. The molecular weight excluding hydrogens is 250 g/mol. The maximum Gasteiger partial charge on any atom is 0.149 e. The van der Waals surface area contributed by atoms with Crippen LogP contribution >= 0.6 is 0 Å². The third kappa shape index (κ3) is 5.20. The summed E-state index contributed by atoms with van der Waals surface area (Å²) in [7, 11) is -3.21. The van der Waals surface area contributed by atoms with Gasteiger partial charge in [-0.2, -0.15) is 0 Å². The van der Waals surface area contributed by atoms with Crippen LogP contribution in [0.3, 0.4) is 0 Å². The number of rotatable bonds is 5. The lowest BCUT2D eigenvalue weighted by atomic mass is 10.1. The summed E-state index contributed by atoms with van der Waals surface area (Å²) in [6, 6.07) is 2.47. The van der Waals surface area contributed by atoms with E-state index in [1.54, 1.807) is 0 Å². The first-order valence-electron chi connectivity index (χ1n) is 4.89. The van der Waals surface area contributed by atoms with Crippen molar-refractivity contribution in [3.63, 3.8) is 0 Å². The van der Waals surface area contributed by atoms with E-state index in [2.05, 4.69) is 5.43 Å². The SMILES string of the molecule is CS(=O)(=O)CC(Cc1cc(F)cc(F)c1)NN. The Morgan fingerprint density at radius 2 is 1.82 bits per heavy atom. The molecule has 3 N–H and O–H groups in total. The lowest BCUT2D eigenvalue weighted by Gasteiger charge is -2.14. The Balaban J connectivity index is 2.80. The molecule has 0 heterocycles. The number of hydrogen-bond donors (Lipinski definition) is 2. The third-order valence-electron chi connectivity index (χ3n) is 2.14. The zero-order valence-corrected chi connectivity index (χ0v) is 10.1. The smallest absolute Gasteiger partial charge is 0.149 e. The largest absolute Gasteiger partial charge is 0.271 e. The zero-order chi connectivity index (χ0) is 13.1. The molecule has 0 saturated carbocycles. The number of hydrogen-bond acceptors (Lipinski definition) is 4. The third-order valence-corrected chi connectivity index (χ3v) is 3.15. The highest BCUT2D eigenvalue weighted by molar-refractivity contribution is 7.90. The quantitative estimate of drug-likeness (QED) is 0.596. The van der Waals surface area contributed by atoms with E-state index in [1.165, 1.54) is 0 Å². The first-order valence-corrected chi connectivity index (χ1v) is 6.95. The minimum atomic E-state index is -3.21. The fourth-order valence-corrected chi connectivity index (χ4v) is 2.49. The van der Waals surface area contributed by atoms with Crippen molar-refractivity contribution >= 4 is 9.84 Å². The van der Waals surface area contributed by atoms with Crippen molar-refractivity contribution in [2.75, 3.05) is 12.0 Å². The number of halogens is 2. The van der Waals surface area contributed by atoms with Crippen LogP contribution in [-0.2, 0) is 16.3 Å². The number of nitrogens with two attached hydrogens (primary N) is 1. The molecule has 4 nitrogen and oxygen atoms in total. The number of sulfone groups is 1. The van der Waals surface area contributed by atoms with Crippen molar-refractivity contribution in [2.24, 2.45) is 5.84 Å². The minimum absolute atomic E-state index is 0.137. The summed E-state index contributed by atoms with van der Waals surface area (Å²) in [5.41, 5.74) is 2.68. The molecule has 96 valence electrons. The second-order valence-electron chi connectivity index (χ2n) is 3.94. The van der Waals surface area contributed by atoms with Crippen molar-refractivity contribution in [1.29, 1.82) is 0 Å². The molecule has 0 amide bonds. The van der Waals surface area contributed by atoms with E-state index in [4.69, 9.17) is 5.84 Å². The van der Waals surface area contributed by atoms with Crippen LogP contribution in [0.4, 0.5) is 8.78 Å². The van der Waals surface area contributed by atoms with E-state index < -0.39 is 27.5 Å². The number of benzene rings is 1. The lowest BCUT2D eigenvalue weighted by molar-refractivity contribution is 0.539. The van der Waals surface area contributed by atoms with Gasteiger partial charge in [0.15, 0.2) is 0 Å². The molecule has 0 spiro atoms. The van der Waals surface area contributed by atoms with Crippen LogP contribution in [0.15, 0.2) is 18.2 Å². The topological polar surface area (TPSA) is 72.2 Å². The second-order valence-corrected chi connectivity index (χ2v) is 6.12. The summed E-state index contributed by atoms with van der Waals surface area (Å²) >= 11 is 0. The highest BCUT2D eigenvalue weighted by Gasteiger charge is 2.15. The lowest BCUT2D eigenvalue weighted by Crippen LogP contribution is -2.41. The van der Waals surface area contributed by atoms with E-state index in [-0.39, 0.29) is 12.2 Å². The van der Waals surface area contributed by atoms with E-state index in [0.717, 1.165) is 24.5 Å². The summed E-state index contributed by atoms with van der Waals surface area (Å²) in [6.07, 6.45) is 1.21. The predicted molar refractivity (Wildman–Crippen MR) is 60.9 cm³/mol. The molecule has 17 heavy (non-hydrogen) atoms.